The molecule has 0 spiro atoms. The average molecular weight is 381 g/mol. The number of carbonyl (C=O) groups excluding carboxylic acids is 1. The lowest BCUT2D eigenvalue weighted by Gasteiger charge is -2.07. The number of methoxy groups -OCH3 is 1. The van der Waals surface area contributed by atoms with E-state index in [0.717, 1.165) is 21.5 Å². The first kappa shape index (κ1) is 17.0. The number of halogens is 2. The van der Waals surface area contributed by atoms with Crippen molar-refractivity contribution in [3.8, 4) is 5.75 Å². The smallest absolute Gasteiger partial charge is 0.234 e. The summed E-state index contributed by atoms with van der Waals surface area (Å²) in [7, 11) is 1.63. The molecule has 3 rings (SSSR count). The molecule has 1 heterocycles. The highest BCUT2D eigenvalue weighted by Gasteiger charge is 2.12. The molecule has 0 saturated carbocycles. The molecule has 0 unspecified atom stereocenters. The number of amides is 1. The number of nitrogens with one attached hydrogen (secondary N) is 2. The van der Waals surface area contributed by atoms with E-state index in [2.05, 4.69) is 10.3 Å². The standard InChI is InChI=1S/C17H14Cl2N2O2S/c1-23-14-4-2-3-13-17(14)15(8-20-13)24-9-16(22)21-10-5-6-11(18)12(19)7-10/h2-8,20H,9H2,1H3,(H,21,22). The van der Waals surface area contributed by atoms with Crippen molar-refractivity contribution >= 4 is 57.5 Å². The van der Waals surface area contributed by atoms with Crippen LogP contribution < -0.4 is 10.1 Å². The number of hydrogen-bond donors (Lipinski definition) is 2. The summed E-state index contributed by atoms with van der Waals surface area (Å²) in [5.74, 6) is 0.925. The van der Waals surface area contributed by atoms with Gasteiger partial charge in [-0.25, -0.2) is 0 Å². The molecule has 2 aromatic carbocycles. The maximum atomic E-state index is 12.1. The van der Waals surface area contributed by atoms with Gasteiger partial charge in [0.2, 0.25) is 5.91 Å². The van der Waals surface area contributed by atoms with Crippen molar-refractivity contribution in [3.05, 3.63) is 52.6 Å². The summed E-state index contributed by atoms with van der Waals surface area (Å²) in [6.07, 6.45) is 1.88. The fraction of sp³-hybridized carbons (Fsp3) is 0.118. The number of thioether (sulfide) groups is 1. The van der Waals surface area contributed by atoms with Gasteiger partial charge in [0.15, 0.2) is 0 Å². The quantitative estimate of drug-likeness (QED) is 0.597. The number of H-pyrrole nitrogens is 1. The van der Waals surface area contributed by atoms with Gasteiger partial charge >= 0.3 is 0 Å². The van der Waals surface area contributed by atoms with Crippen molar-refractivity contribution in [1.29, 1.82) is 0 Å². The first-order valence-corrected chi connectivity index (χ1v) is 8.84. The number of hydrogen-bond acceptors (Lipinski definition) is 3. The lowest BCUT2D eigenvalue weighted by Crippen LogP contribution is -2.13. The van der Waals surface area contributed by atoms with Crippen molar-refractivity contribution in [1.82, 2.24) is 4.98 Å². The number of anilines is 1. The number of carbonyl (C=O) groups is 1. The van der Waals surface area contributed by atoms with Gasteiger partial charge < -0.3 is 15.0 Å². The Kier molecular flexibility index (Phi) is 5.23. The van der Waals surface area contributed by atoms with Crippen molar-refractivity contribution in [3.63, 3.8) is 0 Å². The van der Waals surface area contributed by atoms with E-state index in [0.29, 0.717) is 15.7 Å². The first-order chi connectivity index (χ1) is 11.6. The number of benzene rings is 2. The minimum Gasteiger partial charge on any atom is -0.496 e. The Bertz CT molecular complexity index is 895. The van der Waals surface area contributed by atoms with E-state index in [1.54, 1.807) is 25.3 Å². The summed E-state index contributed by atoms with van der Waals surface area (Å²) in [6.45, 7) is 0. The third-order valence-electron chi connectivity index (χ3n) is 3.41. The molecule has 0 fully saturated rings. The molecule has 0 radical (unpaired) electrons. The second-order valence-electron chi connectivity index (χ2n) is 5.00. The molecular formula is C17H14Cl2N2O2S. The van der Waals surface area contributed by atoms with Crippen LogP contribution >= 0.6 is 35.0 Å². The molecular weight excluding hydrogens is 367 g/mol. The highest BCUT2D eigenvalue weighted by atomic mass is 35.5. The zero-order valence-corrected chi connectivity index (χ0v) is 15.1. The Labute approximate surface area is 153 Å². The predicted octanol–water partition coefficient (Wildman–Crippen LogP) is 5.21. The maximum absolute atomic E-state index is 12.1. The van der Waals surface area contributed by atoms with Crippen LogP contribution in [0, 0.1) is 0 Å². The Balaban J connectivity index is 1.69. The van der Waals surface area contributed by atoms with Crippen molar-refractivity contribution in [2.75, 3.05) is 18.2 Å². The molecule has 0 atom stereocenters. The summed E-state index contributed by atoms with van der Waals surface area (Å²) < 4.78 is 5.39. The van der Waals surface area contributed by atoms with Crippen LogP contribution in [0.15, 0.2) is 47.5 Å². The lowest BCUT2D eigenvalue weighted by atomic mass is 10.2. The molecule has 1 amide bonds. The third kappa shape index (κ3) is 3.64. The van der Waals surface area contributed by atoms with Crippen LogP contribution in [0.5, 0.6) is 5.75 Å². The molecule has 0 aliphatic carbocycles. The Morgan fingerprint density at radius 1 is 1.25 bits per heavy atom. The van der Waals surface area contributed by atoms with Gasteiger partial charge in [-0.3, -0.25) is 4.79 Å². The SMILES string of the molecule is COc1cccc2[nH]cc(SCC(=O)Nc3ccc(Cl)c(Cl)c3)c12. The van der Waals surface area contributed by atoms with Crippen LogP contribution in [0.4, 0.5) is 5.69 Å². The van der Waals surface area contributed by atoms with E-state index in [4.69, 9.17) is 27.9 Å². The number of fused-ring (bicyclic) bond motifs is 1. The van der Waals surface area contributed by atoms with Crippen LogP contribution in [0.2, 0.25) is 10.0 Å². The molecule has 7 heteroatoms. The van der Waals surface area contributed by atoms with Crippen molar-refractivity contribution < 1.29 is 9.53 Å². The first-order valence-electron chi connectivity index (χ1n) is 7.10. The van der Waals surface area contributed by atoms with Crippen molar-refractivity contribution in [2.45, 2.75) is 4.90 Å². The summed E-state index contributed by atoms with van der Waals surface area (Å²) in [6, 6.07) is 10.8. The minimum absolute atomic E-state index is 0.123. The Morgan fingerprint density at radius 3 is 2.83 bits per heavy atom. The summed E-state index contributed by atoms with van der Waals surface area (Å²) in [5, 5.41) is 4.64. The molecule has 2 N–H and O–H groups in total. The molecule has 24 heavy (non-hydrogen) atoms. The summed E-state index contributed by atoms with van der Waals surface area (Å²) in [4.78, 5) is 16.3. The molecule has 4 nitrogen and oxygen atoms in total. The van der Waals surface area contributed by atoms with Gasteiger partial charge in [-0.2, -0.15) is 0 Å². The molecule has 1 aromatic heterocycles. The minimum atomic E-state index is -0.123. The van der Waals surface area contributed by atoms with Crippen molar-refractivity contribution in [2.24, 2.45) is 0 Å². The van der Waals surface area contributed by atoms with E-state index in [1.807, 2.05) is 24.4 Å². The second-order valence-corrected chi connectivity index (χ2v) is 6.83. The topological polar surface area (TPSA) is 54.1 Å². The van der Waals surface area contributed by atoms with E-state index < -0.39 is 0 Å². The van der Waals surface area contributed by atoms with E-state index in [9.17, 15) is 4.79 Å². The van der Waals surface area contributed by atoms with Gasteiger partial charge in [0.25, 0.3) is 0 Å². The highest BCUT2D eigenvalue weighted by molar-refractivity contribution is 8.00. The molecule has 0 aliphatic rings. The summed E-state index contributed by atoms with van der Waals surface area (Å²) >= 11 is 13.3. The van der Waals surface area contributed by atoms with E-state index in [1.165, 1.54) is 11.8 Å². The van der Waals surface area contributed by atoms with Gasteiger partial charge in [0.05, 0.1) is 33.8 Å². The molecule has 0 aliphatic heterocycles. The van der Waals surface area contributed by atoms with Crippen LogP contribution in [0.3, 0.4) is 0 Å². The zero-order valence-electron chi connectivity index (χ0n) is 12.7. The number of aromatic amines is 1. The molecule has 124 valence electrons. The monoisotopic (exact) mass is 380 g/mol. The zero-order chi connectivity index (χ0) is 17.1. The molecule has 0 saturated heterocycles. The number of ether oxygens (including phenoxy) is 1. The molecule has 3 aromatic rings. The van der Waals surface area contributed by atoms with Gasteiger partial charge in [0.1, 0.15) is 5.75 Å². The highest BCUT2D eigenvalue weighted by Crippen LogP contribution is 2.34. The lowest BCUT2D eigenvalue weighted by molar-refractivity contribution is -0.113. The third-order valence-corrected chi connectivity index (χ3v) is 5.19. The Morgan fingerprint density at radius 2 is 2.08 bits per heavy atom. The van der Waals surface area contributed by atoms with Crippen LogP contribution in [-0.2, 0) is 4.79 Å². The van der Waals surface area contributed by atoms with Crippen LogP contribution in [0.1, 0.15) is 0 Å². The average Bonchev–Trinajstić information content (AvgIpc) is 2.99. The normalized spacial score (nSPS) is 10.8. The van der Waals surface area contributed by atoms with Gasteiger partial charge in [-0.1, -0.05) is 29.3 Å². The fourth-order valence-electron chi connectivity index (χ4n) is 2.32. The van der Waals surface area contributed by atoms with Crippen LogP contribution in [-0.4, -0.2) is 23.8 Å². The largest absolute Gasteiger partial charge is 0.496 e. The number of aromatic nitrogens is 1. The maximum Gasteiger partial charge on any atom is 0.234 e. The fourth-order valence-corrected chi connectivity index (χ4v) is 3.47. The summed E-state index contributed by atoms with van der Waals surface area (Å²) in [5.41, 5.74) is 1.59. The Hall–Kier alpha value is -1.82. The van der Waals surface area contributed by atoms with Gasteiger partial charge in [-0.05, 0) is 30.3 Å². The predicted molar refractivity (Wildman–Crippen MR) is 101 cm³/mol. The molecule has 0 bridgehead atoms. The van der Waals surface area contributed by atoms with Crippen LogP contribution in [0.25, 0.3) is 10.9 Å². The van der Waals surface area contributed by atoms with Gasteiger partial charge in [0, 0.05) is 16.8 Å². The van der Waals surface area contributed by atoms with Gasteiger partial charge in [-0.15, -0.1) is 11.8 Å². The van der Waals surface area contributed by atoms with E-state index >= 15 is 0 Å². The second kappa shape index (κ2) is 7.38. The number of rotatable bonds is 5. The van der Waals surface area contributed by atoms with E-state index in [-0.39, 0.29) is 11.7 Å².